The number of allylic oxidation sites excluding steroid dienone is 1. The molecule has 13 heteroatoms. The lowest BCUT2D eigenvalue weighted by Gasteiger charge is -2.31. The summed E-state index contributed by atoms with van der Waals surface area (Å²) < 4.78 is 17.7. The van der Waals surface area contributed by atoms with Gasteiger partial charge in [0.2, 0.25) is 0 Å². The largest absolute Gasteiger partial charge is 0.456 e. The quantitative estimate of drug-likeness (QED) is 0.157. The van der Waals surface area contributed by atoms with E-state index in [1.165, 1.54) is 18.2 Å². The van der Waals surface area contributed by atoms with E-state index in [4.69, 9.17) is 20.1 Å². The molecule has 0 aromatic heterocycles. The third-order valence-corrected chi connectivity index (χ3v) is 6.95. The Bertz CT molecular complexity index is 1790. The van der Waals surface area contributed by atoms with Crippen LogP contribution in [0.1, 0.15) is 47.8 Å². The van der Waals surface area contributed by atoms with Crippen LogP contribution in [0.5, 0.6) is 11.5 Å². The summed E-state index contributed by atoms with van der Waals surface area (Å²) in [6.45, 7) is 6.57. The molecule has 2 heterocycles. The number of nitro groups is 1. The van der Waals surface area contributed by atoms with Crippen LogP contribution in [0.25, 0.3) is 0 Å². The number of aliphatic imine (C=N–C) groups is 2. The zero-order valence-corrected chi connectivity index (χ0v) is 25.8. The Morgan fingerprint density at radius 2 is 1.87 bits per heavy atom. The first kappa shape index (κ1) is 31.7. The first-order valence-electron chi connectivity index (χ1n) is 14.4. The second kappa shape index (κ2) is 13.1. The maximum absolute atomic E-state index is 12.9. The number of hydrogen-bond acceptors (Lipinski definition) is 12. The van der Waals surface area contributed by atoms with Gasteiger partial charge in [-0.05, 0) is 56.7 Å². The van der Waals surface area contributed by atoms with E-state index in [-0.39, 0.29) is 34.9 Å². The number of benzene rings is 3. The maximum Gasteiger partial charge on any atom is 0.352 e. The Morgan fingerprint density at radius 1 is 1.11 bits per heavy atom. The number of ether oxygens (including phenoxy) is 3. The van der Waals surface area contributed by atoms with E-state index in [1.807, 2.05) is 60.5 Å². The summed E-state index contributed by atoms with van der Waals surface area (Å²) in [5.41, 5.74) is 0.322. The summed E-state index contributed by atoms with van der Waals surface area (Å²) in [4.78, 5) is 36.0. The van der Waals surface area contributed by atoms with E-state index in [2.05, 4.69) is 9.98 Å². The van der Waals surface area contributed by atoms with Crippen LogP contribution < -0.4 is 15.3 Å². The van der Waals surface area contributed by atoms with Gasteiger partial charge in [-0.25, -0.2) is 20.6 Å². The number of hydrogen-bond donors (Lipinski definition) is 1. The second-order valence-corrected chi connectivity index (χ2v) is 11.6. The van der Waals surface area contributed by atoms with Crippen molar-refractivity contribution in [3.05, 3.63) is 117 Å². The first-order valence-corrected chi connectivity index (χ1v) is 14.4. The van der Waals surface area contributed by atoms with Crippen molar-refractivity contribution in [2.45, 2.75) is 39.1 Å². The molecule has 1 unspecified atom stereocenters. The molecule has 0 aliphatic carbocycles. The molecule has 0 bridgehead atoms. The fourth-order valence-corrected chi connectivity index (χ4v) is 4.86. The van der Waals surface area contributed by atoms with Crippen LogP contribution in [0, 0.1) is 21.4 Å². The van der Waals surface area contributed by atoms with Gasteiger partial charge in [0.1, 0.15) is 34.7 Å². The fraction of sp³-hybridized carbons (Fsp3) is 0.273. The van der Waals surface area contributed by atoms with Gasteiger partial charge in [-0.15, -0.1) is 0 Å². The predicted molar refractivity (Wildman–Crippen MR) is 169 cm³/mol. The van der Waals surface area contributed by atoms with Gasteiger partial charge < -0.3 is 19.1 Å². The number of nitrogens with two attached hydrogens (primary N) is 1. The van der Waals surface area contributed by atoms with Crippen molar-refractivity contribution >= 4 is 17.5 Å². The number of nitriles is 1. The van der Waals surface area contributed by atoms with Crippen molar-refractivity contribution in [1.29, 1.82) is 5.26 Å². The molecular weight excluding hydrogens is 590 g/mol. The molecule has 0 amide bonds. The van der Waals surface area contributed by atoms with Crippen molar-refractivity contribution in [2.75, 3.05) is 20.1 Å². The number of nitrogens with zero attached hydrogens (tertiary/aromatic N) is 6. The number of hydrazine groups is 1. The summed E-state index contributed by atoms with van der Waals surface area (Å²) >= 11 is 0. The summed E-state index contributed by atoms with van der Waals surface area (Å²) in [5, 5.41) is 23.1. The Morgan fingerprint density at radius 3 is 2.52 bits per heavy atom. The number of likely N-dealkylation sites (N-methyl/N-ethyl adjacent to an activating group) is 1. The number of amidine groups is 1. The van der Waals surface area contributed by atoms with Crippen molar-refractivity contribution in [2.24, 2.45) is 15.8 Å². The van der Waals surface area contributed by atoms with Crippen molar-refractivity contribution in [3.8, 4) is 17.6 Å². The third-order valence-electron chi connectivity index (χ3n) is 6.95. The lowest BCUT2D eigenvalue weighted by molar-refractivity contribution is -0.420. The van der Waals surface area contributed by atoms with Crippen LogP contribution in [0.4, 0.5) is 0 Å². The predicted octanol–water partition coefficient (Wildman–Crippen LogP) is 4.27. The lowest BCUT2D eigenvalue weighted by Crippen LogP contribution is -2.49. The molecule has 2 N–H and O–H groups in total. The first-order chi connectivity index (χ1) is 21.9. The molecule has 13 nitrogen and oxygen atoms in total. The topological polar surface area (TPSA) is 169 Å². The zero-order valence-electron chi connectivity index (χ0n) is 25.8. The molecule has 3 aromatic rings. The summed E-state index contributed by atoms with van der Waals surface area (Å²) in [6.07, 6.45) is -1.18. The highest BCUT2D eigenvalue weighted by atomic mass is 16.6. The van der Waals surface area contributed by atoms with Crippen molar-refractivity contribution < 1.29 is 23.9 Å². The standard InChI is InChI=1S/C33H33N7O6/c1-33(2,3)46-31(41)26-19-25(14-13-23(26)20-34)44-30-28(40(42)43)27(17-21-9-6-5-7-10-21)37-32(39(30)35)45-24-12-8-11-22(18-24)29-36-15-16-38(29)4/h5-14,18-19,32H,15-17,35H2,1-4H3. The van der Waals surface area contributed by atoms with Gasteiger partial charge in [-0.3, -0.25) is 15.1 Å². The molecular formula is C33H33N7O6. The minimum Gasteiger partial charge on any atom is -0.456 e. The van der Waals surface area contributed by atoms with E-state index in [0.29, 0.717) is 12.3 Å². The van der Waals surface area contributed by atoms with Crippen LogP contribution in [0.3, 0.4) is 0 Å². The third kappa shape index (κ3) is 7.14. The van der Waals surface area contributed by atoms with E-state index < -0.39 is 28.5 Å². The summed E-state index contributed by atoms with van der Waals surface area (Å²) in [6, 6.07) is 22.4. The summed E-state index contributed by atoms with van der Waals surface area (Å²) in [5.74, 6) is 6.56. The second-order valence-electron chi connectivity index (χ2n) is 11.6. The van der Waals surface area contributed by atoms with Gasteiger partial charge in [0.25, 0.3) is 12.2 Å². The Balaban J connectivity index is 1.54. The minimum atomic E-state index is -1.26. The van der Waals surface area contributed by atoms with Gasteiger partial charge in [0, 0.05) is 25.6 Å². The van der Waals surface area contributed by atoms with Crippen LogP contribution in [0.15, 0.2) is 94.4 Å². The molecule has 2 aliphatic heterocycles. The average molecular weight is 624 g/mol. The molecule has 0 radical (unpaired) electrons. The normalized spacial score (nSPS) is 16.4. The average Bonchev–Trinajstić information content (AvgIpc) is 3.44. The Kier molecular flexibility index (Phi) is 9.01. The fourth-order valence-electron chi connectivity index (χ4n) is 4.86. The summed E-state index contributed by atoms with van der Waals surface area (Å²) in [7, 11) is 1.95. The molecule has 2 aliphatic rings. The molecule has 46 heavy (non-hydrogen) atoms. The van der Waals surface area contributed by atoms with E-state index in [0.717, 1.165) is 28.5 Å². The van der Waals surface area contributed by atoms with Crippen LogP contribution >= 0.6 is 0 Å². The van der Waals surface area contributed by atoms with Crippen LogP contribution in [0.2, 0.25) is 0 Å². The Hall–Kier alpha value is -5.74. The highest BCUT2D eigenvalue weighted by Gasteiger charge is 2.40. The molecule has 0 saturated heterocycles. The van der Waals surface area contributed by atoms with Gasteiger partial charge in [-0.2, -0.15) is 5.26 Å². The van der Waals surface area contributed by atoms with Gasteiger partial charge >= 0.3 is 11.7 Å². The number of carbonyl (C=O) groups excluding carboxylic acids is 1. The van der Waals surface area contributed by atoms with Crippen molar-refractivity contribution in [1.82, 2.24) is 9.91 Å². The molecule has 236 valence electrons. The number of rotatable bonds is 9. The molecule has 0 spiro atoms. The molecule has 0 saturated carbocycles. The SMILES string of the molecule is CN1CCN=C1c1cccc(OC2N=C(Cc3ccccc3)C([N+](=O)[O-])=C(Oc3ccc(C#N)c(C(=O)OC(C)(C)C)c3)N2N)c1. The van der Waals surface area contributed by atoms with Gasteiger partial charge in [0.05, 0.1) is 22.6 Å². The molecule has 1 atom stereocenters. The zero-order chi connectivity index (χ0) is 33.0. The van der Waals surface area contributed by atoms with Crippen LogP contribution in [-0.2, 0) is 11.2 Å². The minimum absolute atomic E-state index is 0.00801. The van der Waals surface area contributed by atoms with Gasteiger partial charge in [-0.1, -0.05) is 42.5 Å². The highest BCUT2D eigenvalue weighted by molar-refractivity contribution is 6.01. The van der Waals surface area contributed by atoms with E-state index in [9.17, 15) is 20.2 Å². The van der Waals surface area contributed by atoms with E-state index in [1.54, 1.807) is 32.9 Å². The Labute approximate surface area is 265 Å². The number of esters is 1. The highest BCUT2D eigenvalue weighted by Crippen LogP contribution is 2.29. The smallest absolute Gasteiger partial charge is 0.352 e. The van der Waals surface area contributed by atoms with E-state index >= 15 is 0 Å². The molecule has 3 aromatic carbocycles. The molecule has 0 fully saturated rings. The van der Waals surface area contributed by atoms with Gasteiger partial charge in [0.15, 0.2) is 0 Å². The van der Waals surface area contributed by atoms with Crippen molar-refractivity contribution in [3.63, 3.8) is 0 Å². The monoisotopic (exact) mass is 623 g/mol. The maximum atomic E-state index is 12.9. The lowest BCUT2D eigenvalue weighted by atomic mass is 10.1. The number of carbonyl (C=O) groups is 1. The van der Waals surface area contributed by atoms with Crippen LogP contribution in [-0.4, -0.2) is 64.4 Å². The molecule has 5 rings (SSSR count).